The molecular weight excluding hydrogens is 371 g/mol. The zero-order valence-corrected chi connectivity index (χ0v) is 14.8. The number of hydrogen-bond donors (Lipinski definition) is 1. The number of anilines is 1. The fraction of sp³-hybridized carbons (Fsp3) is 0.125. The number of hydrogen-bond acceptors (Lipinski definition) is 5. The second-order valence-electron chi connectivity index (χ2n) is 5.02. The predicted molar refractivity (Wildman–Crippen MR) is 96.2 cm³/mol. The summed E-state index contributed by atoms with van der Waals surface area (Å²) in [4.78, 5) is 25.9. The SMILES string of the molecule is Cc1ccc(/C=C2/SC(=O)N(CNc3cc(Cl)ccc3Cl)C2=O)o1. The zero-order valence-electron chi connectivity index (χ0n) is 12.5. The lowest BCUT2D eigenvalue weighted by Gasteiger charge is -2.15. The fourth-order valence-corrected chi connectivity index (χ4v) is 3.27. The minimum absolute atomic E-state index is 0.000743. The molecule has 0 spiro atoms. The van der Waals surface area contributed by atoms with Gasteiger partial charge in [-0.3, -0.25) is 14.5 Å². The first-order chi connectivity index (χ1) is 11.4. The molecule has 1 N–H and O–H groups in total. The minimum atomic E-state index is -0.385. The van der Waals surface area contributed by atoms with E-state index in [1.165, 1.54) is 0 Å². The van der Waals surface area contributed by atoms with Crippen LogP contribution < -0.4 is 5.32 Å². The second kappa shape index (κ2) is 6.93. The van der Waals surface area contributed by atoms with Crippen LogP contribution in [0.5, 0.6) is 0 Å². The van der Waals surface area contributed by atoms with Crippen molar-refractivity contribution in [2.24, 2.45) is 0 Å². The molecule has 0 unspecified atom stereocenters. The highest BCUT2D eigenvalue weighted by atomic mass is 35.5. The molecule has 0 aliphatic carbocycles. The van der Waals surface area contributed by atoms with Crippen LogP contribution in [-0.2, 0) is 4.79 Å². The van der Waals surface area contributed by atoms with Gasteiger partial charge in [0, 0.05) is 11.1 Å². The van der Waals surface area contributed by atoms with Crippen molar-refractivity contribution in [1.82, 2.24) is 4.90 Å². The van der Waals surface area contributed by atoms with Gasteiger partial charge in [0.05, 0.1) is 22.3 Å². The van der Waals surface area contributed by atoms with Crippen LogP contribution in [0.3, 0.4) is 0 Å². The van der Waals surface area contributed by atoms with Gasteiger partial charge in [0.25, 0.3) is 11.1 Å². The number of nitrogens with zero attached hydrogens (tertiary/aromatic N) is 1. The topological polar surface area (TPSA) is 62.6 Å². The fourth-order valence-electron chi connectivity index (χ4n) is 2.09. The Labute approximate surface area is 152 Å². The summed E-state index contributed by atoms with van der Waals surface area (Å²) >= 11 is 12.8. The Balaban J connectivity index is 1.73. The molecule has 0 atom stereocenters. The average Bonchev–Trinajstić information content (AvgIpc) is 3.05. The predicted octanol–water partition coefficient (Wildman–Crippen LogP) is 5.00. The molecule has 0 saturated carbocycles. The Morgan fingerprint density at radius 3 is 2.75 bits per heavy atom. The number of amides is 2. The molecule has 2 heterocycles. The van der Waals surface area contributed by atoms with Crippen molar-refractivity contribution in [3.8, 4) is 0 Å². The number of thioether (sulfide) groups is 1. The summed E-state index contributed by atoms with van der Waals surface area (Å²) in [5.74, 6) is 0.881. The first-order valence-corrected chi connectivity index (χ1v) is 8.52. The Bertz CT molecular complexity index is 848. The van der Waals surface area contributed by atoms with E-state index in [1.807, 2.05) is 6.92 Å². The highest BCUT2D eigenvalue weighted by molar-refractivity contribution is 8.18. The van der Waals surface area contributed by atoms with Crippen LogP contribution in [0.4, 0.5) is 10.5 Å². The third-order valence-electron chi connectivity index (χ3n) is 3.26. The van der Waals surface area contributed by atoms with Gasteiger partial charge < -0.3 is 9.73 Å². The lowest BCUT2D eigenvalue weighted by Crippen LogP contribution is -2.33. The molecule has 5 nitrogen and oxygen atoms in total. The summed E-state index contributed by atoms with van der Waals surface area (Å²) in [5, 5.41) is 3.54. The first-order valence-electron chi connectivity index (χ1n) is 6.95. The van der Waals surface area contributed by atoms with E-state index < -0.39 is 0 Å². The molecule has 2 aromatic rings. The summed E-state index contributed by atoms with van der Waals surface area (Å²) in [6.45, 7) is 1.81. The number of aryl methyl sites for hydroxylation is 1. The number of imide groups is 1. The van der Waals surface area contributed by atoms with E-state index in [0.717, 1.165) is 22.4 Å². The van der Waals surface area contributed by atoms with E-state index in [0.29, 0.717) is 26.4 Å². The van der Waals surface area contributed by atoms with Gasteiger partial charge in [-0.05, 0) is 49.0 Å². The highest BCUT2D eigenvalue weighted by Gasteiger charge is 2.35. The molecule has 3 rings (SSSR count). The quantitative estimate of drug-likeness (QED) is 0.753. The van der Waals surface area contributed by atoms with E-state index >= 15 is 0 Å². The number of benzene rings is 1. The molecule has 2 amide bonds. The van der Waals surface area contributed by atoms with Crippen molar-refractivity contribution in [3.63, 3.8) is 0 Å². The van der Waals surface area contributed by atoms with Gasteiger partial charge in [-0.25, -0.2) is 0 Å². The Morgan fingerprint density at radius 1 is 1.25 bits per heavy atom. The third-order valence-corrected chi connectivity index (χ3v) is 4.74. The van der Waals surface area contributed by atoms with Gasteiger partial charge in [0.1, 0.15) is 11.5 Å². The number of halogens is 2. The van der Waals surface area contributed by atoms with E-state index in [-0.39, 0.29) is 17.8 Å². The average molecular weight is 383 g/mol. The van der Waals surface area contributed by atoms with Crippen LogP contribution in [0, 0.1) is 6.92 Å². The summed E-state index contributed by atoms with van der Waals surface area (Å²) in [6, 6.07) is 8.46. The number of furan rings is 1. The van der Waals surface area contributed by atoms with Crippen molar-refractivity contribution in [2.45, 2.75) is 6.92 Å². The molecule has 8 heteroatoms. The third kappa shape index (κ3) is 3.61. The molecule has 1 aliphatic heterocycles. The zero-order chi connectivity index (χ0) is 17.3. The normalized spacial score (nSPS) is 16.3. The van der Waals surface area contributed by atoms with E-state index in [2.05, 4.69) is 5.32 Å². The van der Waals surface area contributed by atoms with E-state index in [4.69, 9.17) is 27.6 Å². The van der Waals surface area contributed by atoms with Gasteiger partial charge in [-0.15, -0.1) is 0 Å². The Hall–Kier alpha value is -1.89. The van der Waals surface area contributed by atoms with Crippen LogP contribution in [0.2, 0.25) is 10.0 Å². The van der Waals surface area contributed by atoms with Gasteiger partial charge in [0.15, 0.2) is 0 Å². The lowest BCUT2D eigenvalue weighted by molar-refractivity contribution is -0.122. The van der Waals surface area contributed by atoms with Crippen molar-refractivity contribution >= 4 is 57.9 Å². The van der Waals surface area contributed by atoms with Crippen molar-refractivity contribution in [1.29, 1.82) is 0 Å². The van der Waals surface area contributed by atoms with E-state index in [9.17, 15) is 9.59 Å². The lowest BCUT2D eigenvalue weighted by atomic mass is 10.3. The Kier molecular flexibility index (Phi) is 4.89. The molecular formula is C16H12Cl2N2O3S. The highest BCUT2D eigenvalue weighted by Crippen LogP contribution is 2.33. The minimum Gasteiger partial charge on any atom is -0.462 e. The molecule has 24 heavy (non-hydrogen) atoms. The molecule has 1 aromatic heterocycles. The van der Waals surface area contributed by atoms with Crippen LogP contribution in [0.25, 0.3) is 6.08 Å². The number of nitrogens with one attached hydrogen (secondary N) is 1. The van der Waals surface area contributed by atoms with Gasteiger partial charge in [-0.1, -0.05) is 23.2 Å². The van der Waals surface area contributed by atoms with Gasteiger partial charge >= 0.3 is 0 Å². The second-order valence-corrected chi connectivity index (χ2v) is 6.85. The monoisotopic (exact) mass is 382 g/mol. The van der Waals surface area contributed by atoms with Crippen LogP contribution in [-0.4, -0.2) is 22.7 Å². The molecule has 124 valence electrons. The molecule has 0 bridgehead atoms. The van der Waals surface area contributed by atoms with Gasteiger partial charge in [0.2, 0.25) is 0 Å². The summed E-state index contributed by atoms with van der Waals surface area (Å²) in [7, 11) is 0. The molecule has 1 saturated heterocycles. The number of carbonyl (C=O) groups excluding carboxylic acids is 2. The van der Waals surface area contributed by atoms with Crippen molar-refractivity contribution < 1.29 is 14.0 Å². The first kappa shape index (κ1) is 17.0. The molecule has 1 fully saturated rings. The maximum atomic E-state index is 12.4. The maximum Gasteiger partial charge on any atom is 0.295 e. The maximum absolute atomic E-state index is 12.4. The number of carbonyl (C=O) groups is 2. The summed E-state index contributed by atoms with van der Waals surface area (Å²) in [6.07, 6.45) is 1.56. The molecule has 1 aromatic carbocycles. The van der Waals surface area contributed by atoms with Crippen LogP contribution >= 0.6 is 35.0 Å². The number of rotatable bonds is 4. The van der Waals surface area contributed by atoms with Crippen molar-refractivity contribution in [2.75, 3.05) is 12.0 Å². The molecule has 0 radical (unpaired) electrons. The standard InChI is InChI=1S/C16H12Cl2N2O3S/c1-9-2-4-11(23-9)7-14-15(21)20(16(22)24-14)8-19-13-6-10(17)3-5-12(13)18/h2-7,19H,8H2,1H3/b14-7+. The summed E-state index contributed by atoms with van der Waals surface area (Å²) < 4.78 is 5.40. The van der Waals surface area contributed by atoms with E-state index in [1.54, 1.807) is 36.4 Å². The molecule has 1 aliphatic rings. The summed E-state index contributed by atoms with van der Waals surface area (Å²) in [5.41, 5.74) is 0.550. The van der Waals surface area contributed by atoms with Crippen molar-refractivity contribution in [3.05, 3.63) is 56.8 Å². The largest absolute Gasteiger partial charge is 0.462 e. The van der Waals surface area contributed by atoms with Gasteiger partial charge in [-0.2, -0.15) is 0 Å². The van der Waals surface area contributed by atoms with Crippen LogP contribution in [0.15, 0.2) is 39.7 Å². The Morgan fingerprint density at radius 2 is 2.04 bits per heavy atom. The smallest absolute Gasteiger partial charge is 0.295 e. The van der Waals surface area contributed by atoms with Crippen LogP contribution in [0.1, 0.15) is 11.5 Å².